The summed E-state index contributed by atoms with van der Waals surface area (Å²) in [4.78, 5) is 4.13. The number of nitrogens with one attached hydrogen (secondary N) is 1. The zero-order chi connectivity index (χ0) is 8.27. The van der Waals surface area contributed by atoms with Gasteiger partial charge in [0.2, 0.25) is 0 Å². The molecule has 1 heterocycles. The largest absolute Gasteiger partial charge is 0.314 e. The molecular formula is C8H11ClN2. The van der Waals surface area contributed by atoms with E-state index in [9.17, 15) is 0 Å². The standard InChI is InChI=1S/C8H11ClN2/c1-6-3-7(4-10-2)11-5-8(6)9/h3,5,10H,4H2,1-2H3. The fourth-order valence-electron chi connectivity index (χ4n) is 0.875. The van der Waals surface area contributed by atoms with Crippen molar-refractivity contribution in [3.8, 4) is 0 Å². The Balaban J connectivity index is 2.86. The smallest absolute Gasteiger partial charge is 0.0618 e. The lowest BCUT2D eigenvalue weighted by Crippen LogP contribution is -2.06. The number of pyridine rings is 1. The molecule has 1 N–H and O–H groups in total. The van der Waals surface area contributed by atoms with Gasteiger partial charge >= 0.3 is 0 Å². The Kier molecular flexibility index (Phi) is 2.85. The van der Waals surface area contributed by atoms with Crippen LogP contribution < -0.4 is 5.32 Å². The zero-order valence-electron chi connectivity index (χ0n) is 6.69. The Bertz CT molecular complexity index is 248. The van der Waals surface area contributed by atoms with E-state index in [0.29, 0.717) is 0 Å². The van der Waals surface area contributed by atoms with Crippen molar-refractivity contribution in [3.05, 3.63) is 28.5 Å². The Morgan fingerprint density at radius 1 is 1.64 bits per heavy atom. The van der Waals surface area contributed by atoms with Crippen LogP contribution in [0.25, 0.3) is 0 Å². The molecule has 0 aliphatic carbocycles. The molecule has 1 aromatic heterocycles. The van der Waals surface area contributed by atoms with Crippen LogP contribution in [0.15, 0.2) is 12.3 Å². The first kappa shape index (κ1) is 8.50. The van der Waals surface area contributed by atoms with E-state index in [1.165, 1.54) is 0 Å². The normalized spacial score (nSPS) is 10.1. The van der Waals surface area contributed by atoms with Gasteiger partial charge in [-0.1, -0.05) is 11.6 Å². The lowest BCUT2D eigenvalue weighted by Gasteiger charge is -2.01. The van der Waals surface area contributed by atoms with Gasteiger partial charge in [0.1, 0.15) is 0 Å². The number of hydrogen-bond donors (Lipinski definition) is 1. The van der Waals surface area contributed by atoms with Crippen molar-refractivity contribution < 1.29 is 0 Å². The van der Waals surface area contributed by atoms with E-state index in [2.05, 4.69) is 10.3 Å². The van der Waals surface area contributed by atoms with Crippen molar-refractivity contribution in [2.24, 2.45) is 0 Å². The van der Waals surface area contributed by atoms with E-state index < -0.39 is 0 Å². The van der Waals surface area contributed by atoms with Crippen molar-refractivity contribution in [1.29, 1.82) is 0 Å². The quantitative estimate of drug-likeness (QED) is 0.732. The van der Waals surface area contributed by atoms with Crippen LogP contribution in [0.3, 0.4) is 0 Å². The van der Waals surface area contributed by atoms with Crippen molar-refractivity contribution in [2.45, 2.75) is 13.5 Å². The van der Waals surface area contributed by atoms with Crippen LogP contribution in [0, 0.1) is 6.92 Å². The van der Waals surface area contributed by atoms with Crippen molar-refractivity contribution in [2.75, 3.05) is 7.05 Å². The van der Waals surface area contributed by atoms with Gasteiger partial charge in [-0.05, 0) is 25.6 Å². The third-order valence-corrected chi connectivity index (χ3v) is 1.86. The first-order chi connectivity index (χ1) is 5.24. The van der Waals surface area contributed by atoms with Crippen LogP contribution in [0.2, 0.25) is 5.02 Å². The van der Waals surface area contributed by atoms with Gasteiger partial charge in [-0.15, -0.1) is 0 Å². The van der Waals surface area contributed by atoms with Crippen molar-refractivity contribution >= 4 is 11.6 Å². The highest BCUT2D eigenvalue weighted by Crippen LogP contribution is 2.13. The van der Waals surface area contributed by atoms with Crippen molar-refractivity contribution in [3.63, 3.8) is 0 Å². The maximum absolute atomic E-state index is 5.80. The van der Waals surface area contributed by atoms with E-state index in [1.807, 2.05) is 20.0 Å². The minimum absolute atomic E-state index is 0.727. The summed E-state index contributed by atoms with van der Waals surface area (Å²) in [6, 6.07) is 1.98. The Morgan fingerprint density at radius 2 is 2.36 bits per heavy atom. The second-order valence-corrected chi connectivity index (χ2v) is 2.86. The molecule has 0 saturated heterocycles. The average Bonchev–Trinajstić information content (AvgIpc) is 1.98. The van der Waals surface area contributed by atoms with E-state index in [0.717, 1.165) is 22.8 Å². The predicted octanol–water partition coefficient (Wildman–Crippen LogP) is 1.76. The molecule has 0 amide bonds. The van der Waals surface area contributed by atoms with Crippen LogP contribution in [-0.2, 0) is 6.54 Å². The summed E-state index contributed by atoms with van der Waals surface area (Å²) in [6.45, 7) is 2.77. The van der Waals surface area contributed by atoms with Crippen LogP contribution >= 0.6 is 11.6 Å². The van der Waals surface area contributed by atoms with Crippen molar-refractivity contribution in [1.82, 2.24) is 10.3 Å². The van der Waals surface area contributed by atoms with Crippen LogP contribution in [0.4, 0.5) is 0 Å². The Morgan fingerprint density at radius 3 is 2.91 bits per heavy atom. The summed E-state index contributed by atoms with van der Waals surface area (Å²) in [5, 5.41) is 3.75. The molecule has 11 heavy (non-hydrogen) atoms. The van der Waals surface area contributed by atoms with E-state index in [-0.39, 0.29) is 0 Å². The molecule has 0 saturated carbocycles. The predicted molar refractivity (Wildman–Crippen MR) is 46.7 cm³/mol. The number of rotatable bonds is 2. The molecule has 1 rings (SSSR count). The average molecular weight is 171 g/mol. The van der Waals surface area contributed by atoms with Crippen LogP contribution in [0.1, 0.15) is 11.3 Å². The molecule has 60 valence electrons. The highest BCUT2D eigenvalue weighted by Gasteiger charge is 1.96. The van der Waals surface area contributed by atoms with Gasteiger partial charge in [-0.25, -0.2) is 0 Å². The molecule has 0 aromatic carbocycles. The molecule has 0 aliphatic rings. The highest BCUT2D eigenvalue weighted by atomic mass is 35.5. The fourth-order valence-corrected chi connectivity index (χ4v) is 0.979. The molecule has 1 aromatic rings. The number of aryl methyl sites for hydroxylation is 1. The molecule has 2 nitrogen and oxygen atoms in total. The molecule has 0 spiro atoms. The van der Waals surface area contributed by atoms with Gasteiger partial charge in [0.05, 0.1) is 10.7 Å². The fraction of sp³-hybridized carbons (Fsp3) is 0.375. The third kappa shape index (κ3) is 2.17. The summed E-state index contributed by atoms with van der Waals surface area (Å²) < 4.78 is 0. The van der Waals surface area contributed by atoms with Gasteiger partial charge in [-0.3, -0.25) is 4.98 Å². The molecule has 0 unspecified atom stereocenters. The molecule has 0 fully saturated rings. The van der Waals surface area contributed by atoms with Crippen LogP contribution in [-0.4, -0.2) is 12.0 Å². The van der Waals surface area contributed by atoms with E-state index in [4.69, 9.17) is 11.6 Å². The molecule has 3 heteroatoms. The first-order valence-corrected chi connectivity index (χ1v) is 3.87. The monoisotopic (exact) mass is 170 g/mol. The topological polar surface area (TPSA) is 24.9 Å². The third-order valence-electron chi connectivity index (χ3n) is 1.46. The lowest BCUT2D eigenvalue weighted by atomic mass is 10.2. The number of nitrogens with zero attached hydrogens (tertiary/aromatic N) is 1. The maximum atomic E-state index is 5.80. The van der Waals surface area contributed by atoms with Gasteiger partial charge < -0.3 is 5.32 Å². The molecular weight excluding hydrogens is 160 g/mol. The zero-order valence-corrected chi connectivity index (χ0v) is 7.44. The van der Waals surface area contributed by atoms with Gasteiger partial charge in [0, 0.05) is 12.7 Å². The minimum Gasteiger partial charge on any atom is -0.314 e. The summed E-state index contributed by atoms with van der Waals surface area (Å²) in [5.41, 5.74) is 2.10. The number of aromatic nitrogens is 1. The minimum atomic E-state index is 0.727. The highest BCUT2D eigenvalue weighted by molar-refractivity contribution is 6.31. The van der Waals surface area contributed by atoms with Gasteiger partial charge in [0.25, 0.3) is 0 Å². The number of halogens is 1. The second-order valence-electron chi connectivity index (χ2n) is 2.46. The summed E-state index contributed by atoms with van der Waals surface area (Å²) in [7, 11) is 1.89. The summed E-state index contributed by atoms with van der Waals surface area (Å²) >= 11 is 5.80. The maximum Gasteiger partial charge on any atom is 0.0618 e. The van der Waals surface area contributed by atoms with E-state index >= 15 is 0 Å². The van der Waals surface area contributed by atoms with E-state index in [1.54, 1.807) is 6.20 Å². The Hall–Kier alpha value is -0.600. The lowest BCUT2D eigenvalue weighted by molar-refractivity contribution is 0.790. The molecule has 0 aliphatic heterocycles. The summed E-state index contributed by atoms with van der Waals surface area (Å²) in [5.74, 6) is 0. The SMILES string of the molecule is CNCc1cc(C)c(Cl)cn1. The first-order valence-electron chi connectivity index (χ1n) is 3.49. The van der Waals surface area contributed by atoms with Gasteiger partial charge in [-0.2, -0.15) is 0 Å². The molecule has 0 radical (unpaired) electrons. The Labute approximate surface area is 71.6 Å². The van der Waals surface area contributed by atoms with Crippen LogP contribution in [0.5, 0.6) is 0 Å². The summed E-state index contributed by atoms with van der Waals surface area (Å²) in [6.07, 6.45) is 1.68. The molecule has 0 atom stereocenters. The van der Waals surface area contributed by atoms with Gasteiger partial charge in [0.15, 0.2) is 0 Å². The molecule has 0 bridgehead atoms. The number of hydrogen-bond acceptors (Lipinski definition) is 2. The second kappa shape index (κ2) is 3.69.